The maximum Gasteiger partial charge on any atom is 0.312 e. The fraction of sp³-hybridized carbons (Fsp3) is 0.467. The Morgan fingerprint density at radius 2 is 1.89 bits per heavy atom. The van der Waals surface area contributed by atoms with Crippen molar-refractivity contribution in [2.45, 2.75) is 70.8 Å². The Hall–Kier alpha value is -2.86. The minimum atomic E-state index is -0.593. The van der Waals surface area contributed by atoms with Crippen LogP contribution in [-0.2, 0) is 21.5 Å². The number of fused-ring (bicyclic) bond motifs is 6. The zero-order valence-electron chi connectivity index (χ0n) is 22.1. The van der Waals surface area contributed by atoms with Crippen LogP contribution in [0.2, 0.25) is 0 Å². The second kappa shape index (κ2) is 9.22. The molecule has 0 bridgehead atoms. The summed E-state index contributed by atoms with van der Waals surface area (Å²) in [6.07, 6.45) is 2.87. The molecule has 2 aliphatic carbocycles. The van der Waals surface area contributed by atoms with E-state index in [0.29, 0.717) is 12.5 Å². The van der Waals surface area contributed by atoms with Gasteiger partial charge in [-0.1, -0.05) is 51.5 Å². The molecule has 0 radical (unpaired) electrons. The highest BCUT2D eigenvalue weighted by molar-refractivity contribution is 7.16. The van der Waals surface area contributed by atoms with Gasteiger partial charge in [0.05, 0.1) is 25.3 Å². The van der Waals surface area contributed by atoms with Crippen molar-refractivity contribution >= 4 is 22.4 Å². The number of nitrogens with zero attached hydrogens (tertiary/aromatic N) is 1. The van der Waals surface area contributed by atoms with Crippen molar-refractivity contribution in [3.05, 3.63) is 64.0 Å². The van der Waals surface area contributed by atoms with E-state index in [0.717, 1.165) is 41.4 Å². The number of aromatic nitrogens is 1. The van der Waals surface area contributed by atoms with Gasteiger partial charge in [0.1, 0.15) is 5.75 Å². The van der Waals surface area contributed by atoms with E-state index in [9.17, 15) is 4.79 Å². The molecular formula is C30H36N2O3S. The van der Waals surface area contributed by atoms with E-state index in [4.69, 9.17) is 14.5 Å². The van der Waals surface area contributed by atoms with Crippen molar-refractivity contribution in [3.8, 4) is 17.0 Å². The zero-order chi connectivity index (χ0) is 25.7. The number of hydrogen-bond acceptors (Lipinski definition) is 6. The molecule has 5 rings (SSSR count). The largest absolute Gasteiger partial charge is 0.497 e. The van der Waals surface area contributed by atoms with E-state index in [1.165, 1.54) is 28.7 Å². The average Bonchev–Trinajstić information content (AvgIpc) is 3.30. The summed E-state index contributed by atoms with van der Waals surface area (Å²) in [5.74, 6) is 1.18. The van der Waals surface area contributed by atoms with Crippen molar-refractivity contribution < 1.29 is 14.3 Å². The summed E-state index contributed by atoms with van der Waals surface area (Å²) < 4.78 is 10.7. The highest BCUT2D eigenvalue weighted by Crippen LogP contribution is 2.64. The number of anilines is 1. The van der Waals surface area contributed by atoms with Crippen LogP contribution >= 0.6 is 11.3 Å². The maximum absolute atomic E-state index is 13.3. The Kier molecular flexibility index (Phi) is 6.36. The summed E-state index contributed by atoms with van der Waals surface area (Å²) >= 11 is 1.70. The van der Waals surface area contributed by atoms with Crippen molar-refractivity contribution in [2.75, 3.05) is 19.5 Å². The zero-order valence-corrected chi connectivity index (χ0v) is 22.9. The second-order valence-corrected chi connectivity index (χ2v) is 12.0. The van der Waals surface area contributed by atoms with E-state index in [1.807, 2.05) is 12.1 Å². The molecule has 190 valence electrons. The highest BCUT2D eigenvalue weighted by Gasteiger charge is 2.58. The van der Waals surface area contributed by atoms with Crippen LogP contribution in [0, 0.1) is 5.41 Å². The number of rotatable bonds is 6. The van der Waals surface area contributed by atoms with Gasteiger partial charge in [0.2, 0.25) is 0 Å². The molecule has 0 spiro atoms. The van der Waals surface area contributed by atoms with Gasteiger partial charge in [-0.3, -0.25) is 4.79 Å². The first-order valence-corrected chi connectivity index (χ1v) is 13.6. The van der Waals surface area contributed by atoms with Crippen LogP contribution in [0.5, 0.6) is 5.75 Å². The summed E-state index contributed by atoms with van der Waals surface area (Å²) in [7, 11) is 3.19. The number of nitrogens with one attached hydrogen (secondary N) is 1. The third-order valence-corrected chi connectivity index (χ3v) is 9.50. The molecule has 1 fully saturated rings. The topological polar surface area (TPSA) is 60.5 Å². The first-order chi connectivity index (χ1) is 17.2. The number of esters is 1. The lowest BCUT2D eigenvalue weighted by Gasteiger charge is -2.53. The van der Waals surface area contributed by atoms with Gasteiger partial charge in [0.15, 0.2) is 5.13 Å². The van der Waals surface area contributed by atoms with Crippen LogP contribution in [-0.4, -0.2) is 25.2 Å². The number of carbonyl (C=O) groups is 1. The SMILES string of the molecule is COC(=O)[C@]1(C)CCC[C@]2(C)c3ccc(C(C)C)cc3-c3nc(NCc4ccc(OC)cc4)sc3C12. The average molecular weight is 505 g/mol. The number of hydrogen-bond donors (Lipinski definition) is 1. The van der Waals surface area contributed by atoms with E-state index < -0.39 is 5.41 Å². The predicted octanol–water partition coefficient (Wildman–Crippen LogP) is 7.27. The smallest absolute Gasteiger partial charge is 0.312 e. The van der Waals surface area contributed by atoms with Gasteiger partial charge < -0.3 is 14.8 Å². The summed E-state index contributed by atoms with van der Waals surface area (Å²) in [4.78, 5) is 19.6. The lowest BCUT2D eigenvalue weighted by atomic mass is 9.50. The predicted molar refractivity (Wildman–Crippen MR) is 146 cm³/mol. The molecular weight excluding hydrogens is 468 g/mol. The molecule has 1 N–H and O–H groups in total. The quantitative estimate of drug-likeness (QED) is 0.358. The third-order valence-electron chi connectivity index (χ3n) is 8.42. The molecule has 3 atom stereocenters. The molecule has 1 saturated carbocycles. The molecule has 1 aromatic heterocycles. The molecule has 36 heavy (non-hydrogen) atoms. The molecule has 1 unspecified atom stereocenters. The molecule has 1 heterocycles. The Balaban J connectivity index is 1.61. The first-order valence-electron chi connectivity index (χ1n) is 12.8. The van der Waals surface area contributed by atoms with Crippen LogP contribution in [0.25, 0.3) is 11.3 Å². The molecule has 5 nitrogen and oxygen atoms in total. The fourth-order valence-corrected chi connectivity index (χ4v) is 7.85. The van der Waals surface area contributed by atoms with Gasteiger partial charge in [-0.05, 0) is 60.6 Å². The minimum absolute atomic E-state index is 0.0210. The molecule has 3 aromatic rings. The van der Waals surface area contributed by atoms with Gasteiger partial charge >= 0.3 is 5.97 Å². The van der Waals surface area contributed by atoms with Crippen molar-refractivity contribution in [2.24, 2.45) is 5.41 Å². The lowest BCUT2D eigenvalue weighted by Crippen LogP contribution is -2.50. The summed E-state index contributed by atoms with van der Waals surface area (Å²) in [6, 6.07) is 15.0. The van der Waals surface area contributed by atoms with Crippen LogP contribution in [0.15, 0.2) is 42.5 Å². The summed E-state index contributed by atoms with van der Waals surface area (Å²) in [6.45, 7) is 9.58. The normalized spacial score (nSPS) is 24.5. The van der Waals surface area contributed by atoms with Crippen LogP contribution in [0.1, 0.15) is 80.4 Å². The molecule has 0 amide bonds. The summed E-state index contributed by atoms with van der Waals surface area (Å²) in [5.41, 5.74) is 5.28. The summed E-state index contributed by atoms with van der Waals surface area (Å²) in [5, 5.41) is 4.44. The molecule has 0 saturated heterocycles. The Morgan fingerprint density at radius 3 is 2.56 bits per heavy atom. The Labute approximate surface area is 218 Å². The molecule has 2 aliphatic rings. The first kappa shape index (κ1) is 24.8. The van der Waals surface area contributed by atoms with Crippen molar-refractivity contribution in [1.29, 1.82) is 0 Å². The maximum atomic E-state index is 13.3. The number of thiazole rings is 1. The van der Waals surface area contributed by atoms with Crippen LogP contribution in [0.3, 0.4) is 0 Å². The lowest BCUT2D eigenvalue weighted by molar-refractivity contribution is -0.157. The van der Waals surface area contributed by atoms with E-state index in [-0.39, 0.29) is 17.3 Å². The molecule has 6 heteroatoms. The number of methoxy groups -OCH3 is 2. The van der Waals surface area contributed by atoms with Crippen LogP contribution < -0.4 is 10.1 Å². The standard InChI is InChI=1S/C30H36N2O3S/c1-18(2)20-10-13-23-22(16-20)24-25(26-29(23,3)14-7-15-30(26,4)27(33)35-6)36-28(32-24)31-17-19-8-11-21(34-5)12-9-19/h8-13,16,18,26H,7,14-15,17H2,1-6H3,(H,31,32)/t26?,29-,30-/m1/s1. The van der Waals surface area contributed by atoms with Gasteiger partial charge in [-0.2, -0.15) is 0 Å². The third kappa shape index (κ3) is 3.90. The fourth-order valence-electron chi connectivity index (χ4n) is 6.47. The van der Waals surface area contributed by atoms with Gasteiger partial charge in [-0.25, -0.2) is 4.98 Å². The van der Waals surface area contributed by atoms with Crippen LogP contribution in [0.4, 0.5) is 5.13 Å². The van der Waals surface area contributed by atoms with Gasteiger partial charge in [0, 0.05) is 28.3 Å². The van der Waals surface area contributed by atoms with E-state index >= 15 is 0 Å². The number of carbonyl (C=O) groups excluding carboxylic acids is 1. The second-order valence-electron chi connectivity index (χ2n) is 11.0. The van der Waals surface area contributed by atoms with Crippen molar-refractivity contribution in [1.82, 2.24) is 4.98 Å². The monoisotopic (exact) mass is 504 g/mol. The molecule has 2 aromatic carbocycles. The van der Waals surface area contributed by atoms with E-state index in [2.05, 4.69) is 63.3 Å². The van der Waals surface area contributed by atoms with Gasteiger partial charge in [0.25, 0.3) is 0 Å². The van der Waals surface area contributed by atoms with Crippen molar-refractivity contribution in [3.63, 3.8) is 0 Å². The number of benzene rings is 2. The Morgan fingerprint density at radius 1 is 1.14 bits per heavy atom. The molecule has 0 aliphatic heterocycles. The Bertz CT molecular complexity index is 1280. The highest BCUT2D eigenvalue weighted by atomic mass is 32.1. The van der Waals surface area contributed by atoms with E-state index in [1.54, 1.807) is 18.4 Å². The van der Waals surface area contributed by atoms with Gasteiger partial charge in [-0.15, -0.1) is 11.3 Å². The number of ether oxygens (including phenoxy) is 2. The minimum Gasteiger partial charge on any atom is -0.497 e.